The minimum absolute atomic E-state index is 0.0577. The third-order valence-corrected chi connectivity index (χ3v) is 6.19. The first-order valence-corrected chi connectivity index (χ1v) is 11.1. The lowest BCUT2D eigenvalue weighted by Crippen LogP contribution is -2.47. The van der Waals surface area contributed by atoms with Crippen LogP contribution in [0.2, 0.25) is 0 Å². The van der Waals surface area contributed by atoms with Gasteiger partial charge in [0.15, 0.2) is 0 Å². The summed E-state index contributed by atoms with van der Waals surface area (Å²) in [5.41, 5.74) is 7.98. The molecular weight excluding hydrogens is 459 g/mol. The molecule has 7 nitrogen and oxygen atoms in total. The number of piperidine rings is 1. The number of aryl methyl sites for hydroxylation is 1. The largest absolute Gasteiger partial charge is 0.365 e. The molecule has 3 N–H and O–H groups in total. The average Bonchev–Trinajstić information content (AvgIpc) is 3.24. The van der Waals surface area contributed by atoms with E-state index in [-0.39, 0.29) is 29.8 Å². The number of amides is 2. The van der Waals surface area contributed by atoms with Crippen LogP contribution in [0.15, 0.2) is 48.7 Å². The minimum atomic E-state index is -3.01. The van der Waals surface area contributed by atoms with Crippen LogP contribution in [0.5, 0.6) is 0 Å². The quantitative estimate of drug-likeness (QED) is 0.559. The van der Waals surface area contributed by atoms with Crippen LogP contribution >= 0.6 is 0 Å². The van der Waals surface area contributed by atoms with Crippen molar-refractivity contribution in [2.45, 2.75) is 31.9 Å². The number of benzene rings is 2. The van der Waals surface area contributed by atoms with Gasteiger partial charge in [-0.3, -0.25) is 14.3 Å². The van der Waals surface area contributed by atoms with Crippen molar-refractivity contribution < 1.29 is 22.8 Å². The first-order chi connectivity index (χ1) is 16.5. The highest BCUT2D eigenvalue weighted by molar-refractivity contribution is 5.98. The van der Waals surface area contributed by atoms with E-state index in [9.17, 15) is 22.8 Å². The maximum Gasteiger partial charge on any atom is 0.282 e. The second kappa shape index (κ2) is 9.53. The summed E-state index contributed by atoms with van der Waals surface area (Å²) < 4.78 is 43.9. The van der Waals surface area contributed by atoms with Crippen molar-refractivity contribution in [1.29, 1.82) is 0 Å². The Balaban J connectivity index is 1.52. The number of primary amides is 1. The number of alkyl halides is 2. The van der Waals surface area contributed by atoms with Crippen molar-refractivity contribution in [2.75, 3.05) is 20.1 Å². The SMILES string of the molecule is Cc1ccc(F)cc1C(=O)NCc1ccc(-c2nn(C3CCN(C)CC3(F)F)cc2C(N)=O)cc1. The molecule has 1 aromatic heterocycles. The molecule has 1 saturated heterocycles. The van der Waals surface area contributed by atoms with E-state index in [0.29, 0.717) is 17.7 Å². The predicted octanol–water partition coefficient (Wildman–Crippen LogP) is 3.54. The molecule has 1 aliphatic rings. The molecule has 0 spiro atoms. The monoisotopic (exact) mass is 485 g/mol. The van der Waals surface area contributed by atoms with Gasteiger partial charge in [0, 0.05) is 30.4 Å². The van der Waals surface area contributed by atoms with Gasteiger partial charge in [-0.2, -0.15) is 5.10 Å². The fourth-order valence-electron chi connectivity index (χ4n) is 4.27. The Hall–Kier alpha value is -3.66. The Morgan fingerprint density at radius 1 is 1.17 bits per heavy atom. The second-order valence-electron chi connectivity index (χ2n) is 8.88. The van der Waals surface area contributed by atoms with E-state index in [4.69, 9.17) is 5.73 Å². The van der Waals surface area contributed by atoms with E-state index in [1.165, 1.54) is 24.4 Å². The molecule has 0 aliphatic carbocycles. The fourth-order valence-corrected chi connectivity index (χ4v) is 4.27. The number of hydrogen-bond acceptors (Lipinski definition) is 4. The van der Waals surface area contributed by atoms with Crippen LogP contribution in [0.1, 0.15) is 44.3 Å². The maximum absolute atomic E-state index is 14.6. The summed E-state index contributed by atoms with van der Waals surface area (Å²) in [7, 11) is 1.64. The first kappa shape index (κ1) is 24.5. The van der Waals surface area contributed by atoms with Gasteiger partial charge in [-0.25, -0.2) is 13.2 Å². The lowest BCUT2D eigenvalue weighted by molar-refractivity contribution is -0.101. The summed E-state index contributed by atoms with van der Waals surface area (Å²) in [4.78, 5) is 26.0. The van der Waals surface area contributed by atoms with Gasteiger partial charge in [0.25, 0.3) is 17.7 Å². The molecule has 1 fully saturated rings. The molecule has 10 heteroatoms. The van der Waals surface area contributed by atoms with Crippen molar-refractivity contribution in [2.24, 2.45) is 5.73 Å². The van der Waals surface area contributed by atoms with E-state index in [2.05, 4.69) is 10.4 Å². The standard InChI is InChI=1S/C25H26F3N5O2/c1-15-3-8-18(26)11-19(15)24(35)30-12-16-4-6-17(7-5-16)22-20(23(29)34)13-33(31-22)21-9-10-32(2)14-25(21,27)28/h3-8,11,13,21H,9-10,12,14H2,1-2H3,(H2,29,34)(H,30,35). The normalized spacial score (nSPS) is 17.8. The van der Waals surface area contributed by atoms with Crippen LogP contribution in [0, 0.1) is 12.7 Å². The molecule has 2 aromatic carbocycles. The van der Waals surface area contributed by atoms with Gasteiger partial charge in [-0.1, -0.05) is 30.3 Å². The smallest absolute Gasteiger partial charge is 0.282 e. The predicted molar refractivity (Wildman–Crippen MR) is 125 cm³/mol. The number of carbonyl (C=O) groups is 2. The summed E-state index contributed by atoms with van der Waals surface area (Å²) in [5, 5.41) is 7.06. The van der Waals surface area contributed by atoms with Crippen molar-refractivity contribution in [3.05, 3.63) is 76.7 Å². The van der Waals surface area contributed by atoms with Gasteiger partial charge in [-0.05, 0) is 43.7 Å². The summed E-state index contributed by atoms with van der Waals surface area (Å²) in [5.74, 6) is -4.66. The van der Waals surface area contributed by atoms with E-state index in [1.54, 1.807) is 43.1 Å². The van der Waals surface area contributed by atoms with Crippen LogP contribution in [0.4, 0.5) is 13.2 Å². The van der Waals surface area contributed by atoms with Crippen LogP contribution in [-0.4, -0.2) is 52.6 Å². The number of nitrogens with zero attached hydrogens (tertiary/aromatic N) is 3. The van der Waals surface area contributed by atoms with Gasteiger partial charge < -0.3 is 16.0 Å². The summed E-state index contributed by atoms with van der Waals surface area (Å²) in [6.45, 7) is 2.00. The highest BCUT2D eigenvalue weighted by atomic mass is 19.3. The molecule has 0 saturated carbocycles. The van der Waals surface area contributed by atoms with Gasteiger partial charge >= 0.3 is 0 Å². The number of rotatable bonds is 6. The Kier molecular flexibility index (Phi) is 6.66. The number of nitrogens with one attached hydrogen (secondary N) is 1. The van der Waals surface area contributed by atoms with Crippen LogP contribution in [-0.2, 0) is 6.54 Å². The zero-order chi connectivity index (χ0) is 25.3. The minimum Gasteiger partial charge on any atom is -0.365 e. The van der Waals surface area contributed by atoms with Crippen molar-refractivity contribution in [3.63, 3.8) is 0 Å². The van der Waals surface area contributed by atoms with E-state index in [0.717, 1.165) is 10.2 Å². The number of carbonyl (C=O) groups excluding carboxylic acids is 2. The highest BCUT2D eigenvalue weighted by Crippen LogP contribution is 2.37. The zero-order valence-corrected chi connectivity index (χ0v) is 19.4. The molecule has 35 heavy (non-hydrogen) atoms. The molecule has 2 heterocycles. The molecular formula is C25H26F3N5O2. The summed E-state index contributed by atoms with van der Waals surface area (Å²) in [6, 6.07) is 9.65. The van der Waals surface area contributed by atoms with Gasteiger partial charge in [0.1, 0.15) is 17.6 Å². The molecule has 1 unspecified atom stereocenters. The third kappa shape index (κ3) is 5.22. The molecule has 3 aromatic rings. The molecule has 0 radical (unpaired) electrons. The van der Waals surface area contributed by atoms with Gasteiger partial charge in [0.2, 0.25) is 0 Å². The third-order valence-electron chi connectivity index (χ3n) is 6.19. The number of halogens is 3. The van der Waals surface area contributed by atoms with Crippen molar-refractivity contribution >= 4 is 11.8 Å². The van der Waals surface area contributed by atoms with E-state index >= 15 is 0 Å². The van der Waals surface area contributed by atoms with Crippen molar-refractivity contribution in [3.8, 4) is 11.3 Å². The lowest BCUT2D eigenvalue weighted by atomic mass is 10.0. The Morgan fingerprint density at radius 2 is 1.89 bits per heavy atom. The molecule has 1 atom stereocenters. The highest BCUT2D eigenvalue weighted by Gasteiger charge is 2.45. The van der Waals surface area contributed by atoms with E-state index < -0.39 is 36.1 Å². The Bertz CT molecular complexity index is 1260. The number of likely N-dealkylation sites (tertiary alicyclic amines) is 1. The van der Waals surface area contributed by atoms with Crippen molar-refractivity contribution in [1.82, 2.24) is 20.0 Å². The average molecular weight is 486 g/mol. The topological polar surface area (TPSA) is 93.2 Å². The first-order valence-electron chi connectivity index (χ1n) is 11.1. The van der Waals surface area contributed by atoms with Crippen LogP contribution in [0.25, 0.3) is 11.3 Å². The van der Waals surface area contributed by atoms with E-state index in [1.807, 2.05) is 0 Å². The number of nitrogens with two attached hydrogens (primary N) is 1. The van der Waals surface area contributed by atoms with Gasteiger partial charge in [-0.15, -0.1) is 0 Å². The van der Waals surface area contributed by atoms with Crippen LogP contribution in [0.3, 0.4) is 0 Å². The summed E-state index contributed by atoms with van der Waals surface area (Å²) >= 11 is 0. The molecule has 184 valence electrons. The second-order valence-corrected chi connectivity index (χ2v) is 8.88. The van der Waals surface area contributed by atoms with Gasteiger partial charge in [0.05, 0.1) is 12.1 Å². The summed E-state index contributed by atoms with van der Waals surface area (Å²) in [6.07, 6.45) is 1.48. The Labute approximate surface area is 200 Å². The zero-order valence-electron chi connectivity index (χ0n) is 19.4. The molecule has 0 bridgehead atoms. The lowest BCUT2D eigenvalue weighted by Gasteiger charge is -2.36. The van der Waals surface area contributed by atoms with Crippen LogP contribution < -0.4 is 11.1 Å². The molecule has 2 amide bonds. The number of hydrogen-bond donors (Lipinski definition) is 2. The molecule has 4 rings (SSSR count). The fraction of sp³-hybridized carbons (Fsp3) is 0.320. The maximum atomic E-state index is 14.6. The Morgan fingerprint density at radius 3 is 2.54 bits per heavy atom. The number of aromatic nitrogens is 2. The molecule has 1 aliphatic heterocycles.